The molecule has 0 aliphatic heterocycles. The third-order valence-electron chi connectivity index (χ3n) is 2.85. The van der Waals surface area contributed by atoms with E-state index in [2.05, 4.69) is 4.74 Å². The van der Waals surface area contributed by atoms with Gasteiger partial charge in [-0.25, -0.2) is 8.78 Å². The lowest BCUT2D eigenvalue weighted by Crippen LogP contribution is -2.29. The second-order valence-corrected chi connectivity index (χ2v) is 4.36. The molecule has 4 nitrogen and oxygen atoms in total. The van der Waals surface area contributed by atoms with Crippen molar-refractivity contribution in [2.24, 2.45) is 0 Å². The van der Waals surface area contributed by atoms with Gasteiger partial charge in [-0.15, -0.1) is 0 Å². The van der Waals surface area contributed by atoms with Crippen LogP contribution in [0.1, 0.15) is 31.4 Å². The summed E-state index contributed by atoms with van der Waals surface area (Å²) in [5.74, 6) is -2.26. The van der Waals surface area contributed by atoms with E-state index in [9.17, 15) is 18.4 Å². The lowest BCUT2D eigenvalue weighted by atomic mass is 10.1. The van der Waals surface area contributed by atoms with Gasteiger partial charge in [-0.05, 0) is 6.42 Å². The zero-order valence-electron chi connectivity index (χ0n) is 11.5. The predicted molar refractivity (Wildman–Crippen MR) is 68.6 cm³/mol. The van der Waals surface area contributed by atoms with Crippen molar-refractivity contribution in [2.45, 2.75) is 33.4 Å². The zero-order chi connectivity index (χ0) is 15.1. The Balaban J connectivity index is 2.93. The first-order valence-corrected chi connectivity index (χ1v) is 6.27. The first-order valence-electron chi connectivity index (χ1n) is 6.27. The van der Waals surface area contributed by atoms with E-state index >= 15 is 0 Å². The van der Waals surface area contributed by atoms with Gasteiger partial charge in [-0.1, -0.05) is 19.1 Å². The molecule has 0 atom stereocenters. The van der Waals surface area contributed by atoms with Gasteiger partial charge >= 0.3 is 0 Å². The topological polar surface area (TPSA) is 46.6 Å². The van der Waals surface area contributed by atoms with Gasteiger partial charge in [0.05, 0.1) is 0 Å². The van der Waals surface area contributed by atoms with Gasteiger partial charge in [-0.3, -0.25) is 9.59 Å². The molecule has 0 N–H and O–H groups in total. The SMILES string of the molecule is CCCN(Cc1ccc(COC=O)c(F)c1F)C(C)=O. The van der Waals surface area contributed by atoms with Crippen molar-refractivity contribution in [3.63, 3.8) is 0 Å². The van der Waals surface area contributed by atoms with Crippen LogP contribution in [0.15, 0.2) is 12.1 Å². The number of hydrogen-bond donors (Lipinski definition) is 0. The molecular weight excluding hydrogens is 268 g/mol. The maximum Gasteiger partial charge on any atom is 0.293 e. The Kier molecular flexibility index (Phi) is 6.09. The fraction of sp³-hybridized carbons (Fsp3) is 0.429. The first-order chi connectivity index (χ1) is 9.51. The van der Waals surface area contributed by atoms with E-state index in [4.69, 9.17) is 0 Å². The number of carbonyl (C=O) groups excluding carboxylic acids is 2. The minimum atomic E-state index is -1.05. The molecule has 1 aromatic carbocycles. The van der Waals surface area contributed by atoms with E-state index in [0.717, 1.165) is 6.42 Å². The van der Waals surface area contributed by atoms with Crippen molar-refractivity contribution in [3.8, 4) is 0 Å². The quantitative estimate of drug-likeness (QED) is 0.723. The van der Waals surface area contributed by atoms with Crippen molar-refractivity contribution < 1.29 is 23.1 Å². The number of nitrogens with zero attached hydrogens (tertiary/aromatic N) is 1. The maximum absolute atomic E-state index is 13.9. The molecule has 0 heterocycles. The lowest BCUT2D eigenvalue weighted by molar-refractivity contribution is -0.130. The molecule has 1 aromatic rings. The normalized spacial score (nSPS) is 10.2. The third kappa shape index (κ3) is 4.01. The minimum absolute atomic E-state index is 0.0146. The highest BCUT2D eigenvalue weighted by Crippen LogP contribution is 2.19. The van der Waals surface area contributed by atoms with Crippen LogP contribution in [-0.4, -0.2) is 23.8 Å². The summed E-state index contributed by atoms with van der Waals surface area (Å²) in [5, 5.41) is 0. The standard InChI is InChI=1S/C14H17F2NO3/c1-3-6-17(10(2)19)7-11-4-5-12(8-20-9-18)14(16)13(11)15/h4-5,9H,3,6-8H2,1-2H3. The molecule has 0 aliphatic carbocycles. The van der Waals surface area contributed by atoms with Crippen molar-refractivity contribution in [1.82, 2.24) is 4.90 Å². The smallest absolute Gasteiger partial charge is 0.293 e. The molecule has 20 heavy (non-hydrogen) atoms. The second-order valence-electron chi connectivity index (χ2n) is 4.36. The Morgan fingerprint density at radius 2 is 1.90 bits per heavy atom. The third-order valence-corrected chi connectivity index (χ3v) is 2.85. The van der Waals surface area contributed by atoms with Crippen molar-refractivity contribution in [3.05, 3.63) is 34.9 Å². The molecule has 0 radical (unpaired) electrons. The summed E-state index contributed by atoms with van der Waals surface area (Å²) in [7, 11) is 0. The molecule has 6 heteroatoms. The van der Waals surface area contributed by atoms with Gasteiger partial charge in [0.2, 0.25) is 5.91 Å². The Bertz CT molecular complexity index is 492. The fourth-order valence-electron chi connectivity index (χ4n) is 1.81. The summed E-state index contributed by atoms with van der Waals surface area (Å²) in [4.78, 5) is 22.9. The van der Waals surface area contributed by atoms with Gasteiger partial charge in [0.1, 0.15) is 6.61 Å². The highest BCUT2D eigenvalue weighted by Gasteiger charge is 2.17. The van der Waals surface area contributed by atoms with E-state index in [1.165, 1.54) is 24.0 Å². The van der Waals surface area contributed by atoms with Gasteiger partial charge in [0.15, 0.2) is 11.6 Å². The Morgan fingerprint density at radius 1 is 1.30 bits per heavy atom. The van der Waals surface area contributed by atoms with E-state index < -0.39 is 11.6 Å². The molecule has 0 spiro atoms. The monoisotopic (exact) mass is 285 g/mol. The summed E-state index contributed by atoms with van der Waals surface area (Å²) in [5.41, 5.74) is 0.0595. The molecule has 0 aromatic heterocycles. The van der Waals surface area contributed by atoms with Crippen molar-refractivity contribution in [2.75, 3.05) is 6.54 Å². The van der Waals surface area contributed by atoms with Crippen LogP contribution >= 0.6 is 0 Å². The Labute approximate surface area is 116 Å². The van der Waals surface area contributed by atoms with Crippen LogP contribution in [0.5, 0.6) is 0 Å². The van der Waals surface area contributed by atoms with Crippen molar-refractivity contribution in [1.29, 1.82) is 0 Å². The number of carbonyl (C=O) groups is 2. The molecule has 0 saturated heterocycles. The van der Waals surface area contributed by atoms with E-state index in [0.29, 0.717) is 6.54 Å². The lowest BCUT2D eigenvalue weighted by Gasteiger charge is -2.21. The molecule has 1 rings (SSSR count). The Hall–Kier alpha value is -1.98. The molecule has 0 saturated carbocycles. The number of halogens is 2. The number of hydrogen-bond acceptors (Lipinski definition) is 3. The van der Waals surface area contributed by atoms with Crippen LogP contribution in [-0.2, 0) is 27.5 Å². The summed E-state index contributed by atoms with van der Waals surface area (Å²) in [6, 6.07) is 2.75. The second kappa shape index (κ2) is 7.57. The number of benzene rings is 1. The number of amides is 1. The van der Waals surface area contributed by atoms with E-state index in [1.54, 1.807) is 0 Å². The largest absolute Gasteiger partial charge is 0.463 e. The molecule has 0 fully saturated rings. The van der Waals surface area contributed by atoms with Gasteiger partial charge in [0.25, 0.3) is 6.47 Å². The minimum Gasteiger partial charge on any atom is -0.463 e. The average molecular weight is 285 g/mol. The fourth-order valence-corrected chi connectivity index (χ4v) is 1.81. The molecule has 0 aliphatic rings. The molecule has 110 valence electrons. The van der Waals surface area contributed by atoms with Gasteiger partial charge in [-0.2, -0.15) is 0 Å². The summed E-state index contributed by atoms with van der Waals surface area (Å²) >= 11 is 0. The summed E-state index contributed by atoms with van der Waals surface area (Å²) in [6.45, 7) is 3.62. The zero-order valence-corrected chi connectivity index (χ0v) is 11.5. The average Bonchev–Trinajstić information content (AvgIpc) is 2.42. The van der Waals surface area contributed by atoms with Crippen LogP contribution in [0.2, 0.25) is 0 Å². The molecule has 0 bridgehead atoms. The number of rotatable bonds is 7. The first kappa shape index (κ1) is 16.1. The highest BCUT2D eigenvalue weighted by atomic mass is 19.2. The van der Waals surface area contributed by atoms with Gasteiger partial charge in [0, 0.05) is 31.1 Å². The van der Waals surface area contributed by atoms with Crippen LogP contribution in [0.4, 0.5) is 8.78 Å². The Morgan fingerprint density at radius 3 is 2.45 bits per heavy atom. The highest BCUT2D eigenvalue weighted by molar-refractivity contribution is 5.73. The van der Waals surface area contributed by atoms with E-state index in [1.807, 2.05) is 6.92 Å². The van der Waals surface area contributed by atoms with Crippen LogP contribution < -0.4 is 0 Å². The van der Waals surface area contributed by atoms with E-state index in [-0.39, 0.29) is 36.7 Å². The van der Waals surface area contributed by atoms with Crippen LogP contribution in [0.25, 0.3) is 0 Å². The van der Waals surface area contributed by atoms with Crippen LogP contribution in [0, 0.1) is 11.6 Å². The predicted octanol–water partition coefficient (Wildman–Crippen LogP) is 2.40. The van der Waals surface area contributed by atoms with Gasteiger partial charge < -0.3 is 9.64 Å². The molecule has 1 amide bonds. The molecular formula is C14H17F2NO3. The molecule has 0 unspecified atom stereocenters. The summed E-state index contributed by atoms with van der Waals surface area (Å²) < 4.78 is 32.0. The summed E-state index contributed by atoms with van der Waals surface area (Å²) in [6.07, 6.45) is 0.731. The number of ether oxygens (including phenoxy) is 1. The maximum atomic E-state index is 13.9. The van der Waals surface area contributed by atoms with Crippen molar-refractivity contribution >= 4 is 12.4 Å². The van der Waals surface area contributed by atoms with Crippen LogP contribution in [0.3, 0.4) is 0 Å².